The lowest BCUT2D eigenvalue weighted by Gasteiger charge is -1.99. The summed E-state index contributed by atoms with van der Waals surface area (Å²) < 4.78 is 2.23. The maximum atomic E-state index is 6.05. The molecule has 0 saturated carbocycles. The van der Waals surface area contributed by atoms with Gasteiger partial charge in [0, 0.05) is 10.6 Å². The maximum Gasteiger partial charge on any atom is 0.141 e. The number of rotatable bonds is 0. The molecule has 1 aromatic heterocycles. The van der Waals surface area contributed by atoms with Crippen LogP contribution in [0.5, 0.6) is 0 Å². The van der Waals surface area contributed by atoms with Gasteiger partial charge in [-0.25, -0.2) is 4.98 Å². The van der Waals surface area contributed by atoms with Crippen molar-refractivity contribution < 1.29 is 0 Å². The molecule has 3 aromatic rings. The first-order chi connectivity index (χ1) is 8.33. The SMILES string of the molecule is Clc1ccc2nc3n(c2c1)Cc1ccccc1-3. The van der Waals surface area contributed by atoms with Gasteiger partial charge in [0.05, 0.1) is 17.6 Å². The van der Waals surface area contributed by atoms with Crippen LogP contribution in [0.2, 0.25) is 5.02 Å². The highest BCUT2D eigenvalue weighted by molar-refractivity contribution is 6.31. The van der Waals surface area contributed by atoms with E-state index in [1.165, 1.54) is 11.1 Å². The van der Waals surface area contributed by atoms with Gasteiger partial charge >= 0.3 is 0 Å². The number of benzene rings is 2. The Labute approximate surface area is 103 Å². The van der Waals surface area contributed by atoms with E-state index in [0.717, 1.165) is 28.4 Å². The fourth-order valence-electron chi connectivity index (χ4n) is 2.51. The molecule has 82 valence electrons. The van der Waals surface area contributed by atoms with Gasteiger partial charge in [-0.1, -0.05) is 35.9 Å². The van der Waals surface area contributed by atoms with Crippen molar-refractivity contribution in [2.45, 2.75) is 6.54 Å². The van der Waals surface area contributed by atoms with Crippen molar-refractivity contribution >= 4 is 22.6 Å². The molecule has 0 radical (unpaired) electrons. The van der Waals surface area contributed by atoms with Crippen molar-refractivity contribution in [2.75, 3.05) is 0 Å². The molecule has 0 saturated heterocycles. The van der Waals surface area contributed by atoms with Gasteiger partial charge in [-0.15, -0.1) is 0 Å². The Bertz CT molecular complexity index is 743. The summed E-state index contributed by atoms with van der Waals surface area (Å²) >= 11 is 6.05. The Hall–Kier alpha value is -1.80. The number of aromatic nitrogens is 2. The quantitative estimate of drug-likeness (QED) is 0.458. The first-order valence-electron chi connectivity index (χ1n) is 5.57. The second-order valence-electron chi connectivity index (χ2n) is 4.31. The zero-order valence-electron chi connectivity index (χ0n) is 9.02. The Balaban J connectivity index is 2.09. The Morgan fingerprint density at radius 3 is 2.94 bits per heavy atom. The third kappa shape index (κ3) is 1.19. The van der Waals surface area contributed by atoms with E-state index >= 15 is 0 Å². The van der Waals surface area contributed by atoms with E-state index in [1.54, 1.807) is 0 Å². The van der Waals surface area contributed by atoms with Crippen LogP contribution in [0.1, 0.15) is 5.56 Å². The van der Waals surface area contributed by atoms with E-state index in [4.69, 9.17) is 11.6 Å². The minimum Gasteiger partial charge on any atom is -0.319 e. The van der Waals surface area contributed by atoms with Crippen molar-refractivity contribution in [3.8, 4) is 11.4 Å². The van der Waals surface area contributed by atoms with Crippen LogP contribution >= 0.6 is 11.6 Å². The molecule has 0 bridgehead atoms. The van der Waals surface area contributed by atoms with Gasteiger partial charge in [-0.05, 0) is 23.8 Å². The third-order valence-electron chi connectivity index (χ3n) is 3.30. The highest BCUT2D eigenvalue weighted by Gasteiger charge is 2.21. The van der Waals surface area contributed by atoms with Gasteiger partial charge in [0.15, 0.2) is 0 Å². The molecule has 2 nitrogen and oxygen atoms in total. The molecule has 2 heterocycles. The van der Waals surface area contributed by atoms with Crippen LogP contribution in [0, 0.1) is 0 Å². The summed E-state index contributed by atoms with van der Waals surface area (Å²) in [4.78, 5) is 4.68. The van der Waals surface area contributed by atoms with E-state index in [1.807, 2.05) is 18.2 Å². The molecule has 4 rings (SSSR count). The number of halogens is 1. The minimum atomic E-state index is 0.760. The molecule has 0 unspecified atom stereocenters. The third-order valence-corrected chi connectivity index (χ3v) is 3.53. The molecule has 0 fully saturated rings. The summed E-state index contributed by atoms with van der Waals surface area (Å²) in [6, 6.07) is 14.3. The molecular weight excluding hydrogens is 232 g/mol. The molecule has 17 heavy (non-hydrogen) atoms. The van der Waals surface area contributed by atoms with E-state index in [9.17, 15) is 0 Å². The summed E-state index contributed by atoms with van der Waals surface area (Å²) in [6.07, 6.45) is 0. The predicted molar refractivity (Wildman–Crippen MR) is 69.3 cm³/mol. The smallest absolute Gasteiger partial charge is 0.141 e. The molecule has 0 amide bonds. The lowest BCUT2D eigenvalue weighted by atomic mass is 10.1. The first-order valence-corrected chi connectivity index (χ1v) is 5.95. The van der Waals surface area contributed by atoms with Gasteiger partial charge in [-0.2, -0.15) is 0 Å². The normalized spacial score (nSPS) is 12.8. The molecule has 0 atom stereocenters. The summed E-state index contributed by atoms with van der Waals surface area (Å²) in [5.74, 6) is 1.05. The molecule has 1 aliphatic heterocycles. The van der Waals surface area contributed by atoms with Crippen LogP contribution in [0.3, 0.4) is 0 Å². The highest BCUT2D eigenvalue weighted by atomic mass is 35.5. The molecule has 0 spiro atoms. The summed E-state index contributed by atoms with van der Waals surface area (Å²) in [5, 5.41) is 0.760. The molecular formula is C14H9ClN2. The van der Waals surface area contributed by atoms with E-state index < -0.39 is 0 Å². The predicted octanol–water partition coefficient (Wildman–Crippen LogP) is 3.72. The van der Waals surface area contributed by atoms with Crippen LogP contribution in [-0.2, 0) is 6.54 Å². The van der Waals surface area contributed by atoms with Crippen molar-refractivity contribution in [2.24, 2.45) is 0 Å². The van der Waals surface area contributed by atoms with Gasteiger partial charge in [-0.3, -0.25) is 0 Å². The van der Waals surface area contributed by atoms with Crippen LogP contribution < -0.4 is 0 Å². The number of imidazole rings is 1. The topological polar surface area (TPSA) is 17.8 Å². The Kier molecular flexibility index (Phi) is 1.69. The summed E-state index contributed by atoms with van der Waals surface area (Å²) in [7, 11) is 0. The Morgan fingerprint density at radius 1 is 1.12 bits per heavy atom. The number of nitrogens with zero attached hydrogens (tertiary/aromatic N) is 2. The summed E-state index contributed by atoms with van der Waals surface area (Å²) in [5.41, 5.74) is 4.69. The minimum absolute atomic E-state index is 0.760. The van der Waals surface area contributed by atoms with E-state index in [2.05, 4.69) is 33.8 Å². The van der Waals surface area contributed by atoms with Gasteiger partial charge in [0.2, 0.25) is 0 Å². The van der Waals surface area contributed by atoms with Crippen molar-refractivity contribution in [1.29, 1.82) is 0 Å². The lowest BCUT2D eigenvalue weighted by Crippen LogP contribution is -1.91. The van der Waals surface area contributed by atoms with E-state index in [-0.39, 0.29) is 0 Å². The zero-order valence-corrected chi connectivity index (χ0v) is 9.78. The number of fused-ring (bicyclic) bond motifs is 5. The standard InChI is InChI=1S/C14H9ClN2/c15-10-5-6-12-13(7-10)17-8-9-3-1-2-4-11(9)14(17)16-12/h1-7H,8H2. The number of hydrogen-bond donors (Lipinski definition) is 0. The van der Waals surface area contributed by atoms with E-state index in [0.29, 0.717) is 0 Å². The van der Waals surface area contributed by atoms with Crippen molar-refractivity contribution in [3.63, 3.8) is 0 Å². The van der Waals surface area contributed by atoms with Crippen LogP contribution in [0.4, 0.5) is 0 Å². The lowest BCUT2D eigenvalue weighted by molar-refractivity contribution is 0.879. The molecule has 0 N–H and O–H groups in total. The monoisotopic (exact) mass is 240 g/mol. The van der Waals surface area contributed by atoms with Gasteiger partial charge in [0.25, 0.3) is 0 Å². The highest BCUT2D eigenvalue weighted by Crippen LogP contribution is 2.34. The fraction of sp³-hybridized carbons (Fsp3) is 0.0714. The largest absolute Gasteiger partial charge is 0.319 e. The second kappa shape index (κ2) is 3.11. The average molecular weight is 241 g/mol. The molecule has 3 heteroatoms. The van der Waals surface area contributed by atoms with Crippen LogP contribution in [-0.4, -0.2) is 9.55 Å². The van der Waals surface area contributed by atoms with Gasteiger partial charge < -0.3 is 4.57 Å². The average Bonchev–Trinajstić information content (AvgIpc) is 2.85. The van der Waals surface area contributed by atoms with Crippen LogP contribution in [0.25, 0.3) is 22.4 Å². The Morgan fingerprint density at radius 2 is 2.00 bits per heavy atom. The molecule has 1 aliphatic rings. The number of hydrogen-bond acceptors (Lipinski definition) is 1. The van der Waals surface area contributed by atoms with Crippen molar-refractivity contribution in [3.05, 3.63) is 53.1 Å². The first kappa shape index (κ1) is 9.25. The zero-order chi connectivity index (χ0) is 11.4. The van der Waals surface area contributed by atoms with Crippen molar-refractivity contribution in [1.82, 2.24) is 9.55 Å². The molecule has 2 aromatic carbocycles. The fourth-order valence-corrected chi connectivity index (χ4v) is 2.67. The molecule has 0 aliphatic carbocycles. The second-order valence-corrected chi connectivity index (χ2v) is 4.75. The summed E-state index contributed by atoms with van der Waals surface area (Å²) in [6.45, 7) is 0.891. The van der Waals surface area contributed by atoms with Gasteiger partial charge in [0.1, 0.15) is 5.82 Å². The van der Waals surface area contributed by atoms with Crippen LogP contribution in [0.15, 0.2) is 42.5 Å². The maximum absolute atomic E-state index is 6.05.